The van der Waals surface area contributed by atoms with E-state index in [0.29, 0.717) is 5.89 Å². The van der Waals surface area contributed by atoms with Gasteiger partial charge in [0.05, 0.1) is 17.9 Å². The molecule has 3 aromatic heterocycles. The zero-order valence-corrected chi connectivity index (χ0v) is 18.7. The van der Waals surface area contributed by atoms with Crippen LogP contribution in [0.3, 0.4) is 0 Å². The maximum Gasteiger partial charge on any atom is 0.239 e. The Morgan fingerprint density at radius 3 is 2.87 bits per heavy atom. The fourth-order valence-electron chi connectivity index (χ4n) is 3.84. The highest BCUT2D eigenvalue weighted by Crippen LogP contribution is 2.37. The second kappa shape index (κ2) is 8.47. The normalized spacial score (nSPS) is 17.7. The van der Waals surface area contributed by atoms with Gasteiger partial charge in [-0.05, 0) is 25.8 Å². The van der Waals surface area contributed by atoms with Crippen molar-refractivity contribution < 1.29 is 9.26 Å². The molecular formula is C22H26N6O2S. The van der Waals surface area contributed by atoms with Crippen LogP contribution in [0.25, 0.3) is 22.3 Å². The molecule has 4 heterocycles. The van der Waals surface area contributed by atoms with E-state index >= 15 is 0 Å². The minimum Gasteiger partial charge on any atom is -0.376 e. The van der Waals surface area contributed by atoms with E-state index < -0.39 is 0 Å². The fourth-order valence-corrected chi connectivity index (χ4v) is 4.73. The molecule has 1 aromatic carbocycles. The average Bonchev–Trinajstić information content (AvgIpc) is 3.56. The Morgan fingerprint density at radius 1 is 1.23 bits per heavy atom. The first kappa shape index (κ1) is 20.3. The van der Waals surface area contributed by atoms with Crippen LogP contribution in [0.5, 0.6) is 0 Å². The predicted molar refractivity (Wildman–Crippen MR) is 119 cm³/mol. The van der Waals surface area contributed by atoms with Crippen molar-refractivity contribution in [3.63, 3.8) is 0 Å². The van der Waals surface area contributed by atoms with Crippen molar-refractivity contribution in [3.8, 4) is 11.4 Å². The lowest BCUT2D eigenvalue weighted by Gasteiger charge is -2.15. The van der Waals surface area contributed by atoms with Gasteiger partial charge in [0.25, 0.3) is 0 Å². The summed E-state index contributed by atoms with van der Waals surface area (Å²) < 4.78 is 13.6. The van der Waals surface area contributed by atoms with Gasteiger partial charge in [-0.1, -0.05) is 49.0 Å². The van der Waals surface area contributed by atoms with Gasteiger partial charge in [-0.3, -0.25) is 4.57 Å². The molecule has 0 spiro atoms. The molecular weight excluding hydrogens is 412 g/mol. The third kappa shape index (κ3) is 3.99. The Labute approximate surface area is 184 Å². The fraction of sp³-hybridized carbons (Fsp3) is 0.455. The standard InChI is InChI=1S/C22H26N6O2S/c1-13(2)19-24-21(30-27-19)14(3)31-22-26-25-20(28(22)12-15-7-6-10-29-15)17-11-23-18-9-5-4-8-16(17)18/h4-5,8-9,11,13-15,23H,6-7,10,12H2,1-3H3. The maximum absolute atomic E-state index is 5.93. The number of aromatic amines is 1. The molecule has 0 radical (unpaired) electrons. The van der Waals surface area contributed by atoms with Gasteiger partial charge in [0.2, 0.25) is 5.89 Å². The number of hydrogen-bond donors (Lipinski definition) is 1. The third-order valence-electron chi connectivity index (χ3n) is 5.56. The smallest absolute Gasteiger partial charge is 0.239 e. The Kier molecular flexibility index (Phi) is 5.54. The summed E-state index contributed by atoms with van der Waals surface area (Å²) in [5, 5.41) is 15.1. The number of hydrogen-bond acceptors (Lipinski definition) is 7. The molecule has 1 aliphatic rings. The Hall–Kier alpha value is -2.65. The van der Waals surface area contributed by atoms with Gasteiger partial charge in [-0.15, -0.1) is 10.2 Å². The summed E-state index contributed by atoms with van der Waals surface area (Å²) in [7, 11) is 0. The van der Waals surface area contributed by atoms with Crippen LogP contribution >= 0.6 is 11.8 Å². The number of rotatable bonds is 7. The van der Waals surface area contributed by atoms with E-state index in [1.54, 1.807) is 11.8 Å². The second-order valence-electron chi connectivity index (χ2n) is 8.21. The van der Waals surface area contributed by atoms with Crippen molar-refractivity contribution >= 4 is 22.7 Å². The van der Waals surface area contributed by atoms with Crippen molar-refractivity contribution in [1.82, 2.24) is 29.9 Å². The number of aromatic nitrogens is 6. The highest BCUT2D eigenvalue weighted by Gasteiger charge is 2.26. The molecule has 1 fully saturated rings. The number of nitrogens with one attached hydrogen (secondary N) is 1. The quantitative estimate of drug-likeness (QED) is 0.407. The summed E-state index contributed by atoms with van der Waals surface area (Å²) in [5.41, 5.74) is 2.12. The molecule has 0 aliphatic carbocycles. The van der Waals surface area contributed by atoms with Crippen molar-refractivity contribution in [2.45, 2.75) is 62.6 Å². The monoisotopic (exact) mass is 438 g/mol. The van der Waals surface area contributed by atoms with Crippen LogP contribution in [-0.4, -0.2) is 42.6 Å². The van der Waals surface area contributed by atoms with Gasteiger partial charge in [-0.2, -0.15) is 4.98 Å². The lowest BCUT2D eigenvalue weighted by Crippen LogP contribution is -2.16. The Bertz CT molecular complexity index is 1170. The summed E-state index contributed by atoms with van der Waals surface area (Å²) in [4.78, 5) is 7.89. The summed E-state index contributed by atoms with van der Waals surface area (Å²) >= 11 is 1.58. The number of para-hydroxylation sites is 1. The average molecular weight is 439 g/mol. The molecule has 4 aromatic rings. The van der Waals surface area contributed by atoms with Crippen LogP contribution in [0.2, 0.25) is 0 Å². The molecule has 2 unspecified atom stereocenters. The maximum atomic E-state index is 5.93. The van der Waals surface area contributed by atoms with Gasteiger partial charge in [0.1, 0.15) is 0 Å². The van der Waals surface area contributed by atoms with Crippen LogP contribution in [0.4, 0.5) is 0 Å². The molecule has 9 heteroatoms. The van der Waals surface area contributed by atoms with Crippen molar-refractivity contribution in [1.29, 1.82) is 0 Å². The number of benzene rings is 1. The molecule has 1 aliphatic heterocycles. The summed E-state index contributed by atoms with van der Waals surface area (Å²) in [6.45, 7) is 7.70. The molecule has 31 heavy (non-hydrogen) atoms. The van der Waals surface area contributed by atoms with Gasteiger partial charge in [-0.25, -0.2) is 0 Å². The SMILES string of the molecule is CC(C)c1noc(C(C)Sc2nnc(-c3c[nH]c4ccccc34)n2CC2CCCO2)n1. The Balaban J connectivity index is 1.49. The van der Waals surface area contributed by atoms with E-state index in [2.05, 4.69) is 62.8 Å². The van der Waals surface area contributed by atoms with Crippen LogP contribution in [0, 0.1) is 0 Å². The first-order valence-corrected chi connectivity index (χ1v) is 11.6. The van der Waals surface area contributed by atoms with Crippen LogP contribution in [0.15, 0.2) is 40.1 Å². The largest absolute Gasteiger partial charge is 0.376 e. The lowest BCUT2D eigenvalue weighted by molar-refractivity contribution is 0.0953. The van der Waals surface area contributed by atoms with E-state index in [9.17, 15) is 0 Å². The highest BCUT2D eigenvalue weighted by atomic mass is 32.2. The van der Waals surface area contributed by atoms with Crippen LogP contribution < -0.4 is 0 Å². The zero-order valence-electron chi connectivity index (χ0n) is 17.9. The Morgan fingerprint density at radius 2 is 2.10 bits per heavy atom. The van der Waals surface area contributed by atoms with Gasteiger partial charge in [0.15, 0.2) is 16.8 Å². The van der Waals surface area contributed by atoms with Crippen LogP contribution in [-0.2, 0) is 11.3 Å². The number of thioether (sulfide) groups is 1. The van der Waals surface area contributed by atoms with Gasteiger partial charge in [0, 0.05) is 35.2 Å². The van der Waals surface area contributed by atoms with E-state index in [0.717, 1.165) is 59.3 Å². The molecule has 5 rings (SSSR count). The summed E-state index contributed by atoms with van der Waals surface area (Å²) in [6, 6.07) is 8.24. The van der Waals surface area contributed by atoms with Crippen LogP contribution in [0.1, 0.15) is 56.5 Å². The van der Waals surface area contributed by atoms with E-state index in [4.69, 9.17) is 9.26 Å². The predicted octanol–water partition coefficient (Wildman–Crippen LogP) is 4.97. The second-order valence-corrected chi connectivity index (χ2v) is 9.51. The summed E-state index contributed by atoms with van der Waals surface area (Å²) in [5.74, 6) is 2.40. The van der Waals surface area contributed by atoms with Crippen molar-refractivity contribution in [2.24, 2.45) is 0 Å². The first-order chi connectivity index (χ1) is 15.1. The number of H-pyrrole nitrogens is 1. The number of ether oxygens (including phenoxy) is 1. The molecule has 0 bridgehead atoms. The molecule has 162 valence electrons. The number of fused-ring (bicyclic) bond motifs is 1. The summed E-state index contributed by atoms with van der Waals surface area (Å²) in [6.07, 6.45) is 4.32. The minimum absolute atomic E-state index is 0.0386. The van der Waals surface area contributed by atoms with E-state index in [-0.39, 0.29) is 17.3 Å². The lowest BCUT2D eigenvalue weighted by atomic mass is 10.1. The number of nitrogens with zero attached hydrogens (tertiary/aromatic N) is 5. The zero-order chi connectivity index (χ0) is 21.4. The first-order valence-electron chi connectivity index (χ1n) is 10.7. The van der Waals surface area contributed by atoms with E-state index in [1.165, 1.54) is 0 Å². The third-order valence-corrected chi connectivity index (χ3v) is 6.63. The molecule has 0 amide bonds. The van der Waals surface area contributed by atoms with Gasteiger partial charge < -0.3 is 14.2 Å². The van der Waals surface area contributed by atoms with Crippen molar-refractivity contribution in [2.75, 3.05) is 6.61 Å². The van der Waals surface area contributed by atoms with E-state index in [1.807, 2.05) is 18.3 Å². The molecule has 0 saturated carbocycles. The molecule has 1 N–H and O–H groups in total. The topological polar surface area (TPSA) is 94.7 Å². The molecule has 1 saturated heterocycles. The highest BCUT2D eigenvalue weighted by molar-refractivity contribution is 7.99. The van der Waals surface area contributed by atoms with Crippen molar-refractivity contribution in [3.05, 3.63) is 42.2 Å². The molecule has 2 atom stereocenters. The minimum atomic E-state index is -0.0386. The van der Waals surface area contributed by atoms with Gasteiger partial charge >= 0.3 is 0 Å². The molecule has 8 nitrogen and oxygen atoms in total.